The van der Waals surface area contributed by atoms with Crippen molar-refractivity contribution in [3.8, 4) is 0 Å². The van der Waals surface area contributed by atoms with Crippen LogP contribution < -0.4 is 4.57 Å². The summed E-state index contributed by atoms with van der Waals surface area (Å²) < 4.78 is 34.8. The quantitative estimate of drug-likeness (QED) is 0.700. The normalized spacial score (nSPS) is 14.0. The molecule has 0 fully saturated rings. The highest BCUT2D eigenvalue weighted by Gasteiger charge is 2.35. The maximum Gasteiger partial charge on any atom is 0.329 e. The monoisotopic (exact) mass is 306 g/mol. The van der Waals surface area contributed by atoms with Gasteiger partial charge in [-0.15, -0.1) is 0 Å². The molecule has 1 atom stereocenters. The van der Waals surface area contributed by atoms with E-state index in [0.717, 1.165) is 15.2 Å². The summed E-state index contributed by atoms with van der Waals surface area (Å²) in [4.78, 5) is 0. The van der Waals surface area contributed by atoms with Crippen molar-refractivity contribution >= 4 is 43.3 Å². The van der Waals surface area contributed by atoms with Crippen LogP contribution in [-0.2, 0) is 10.1 Å². The van der Waals surface area contributed by atoms with Crippen molar-refractivity contribution in [3.05, 3.63) is 28.2 Å². The lowest BCUT2D eigenvalue weighted by molar-refractivity contribution is -0.678. The first kappa shape index (κ1) is 13.7. The van der Waals surface area contributed by atoms with Crippen molar-refractivity contribution in [2.45, 2.75) is 25.6 Å². The van der Waals surface area contributed by atoms with Gasteiger partial charge >= 0.3 is 10.1 Å². The summed E-state index contributed by atoms with van der Waals surface area (Å²) in [7, 11) is -4.14. The first-order valence-electron chi connectivity index (χ1n) is 5.41. The largest absolute Gasteiger partial charge is 0.329 e. The van der Waals surface area contributed by atoms with Crippen molar-refractivity contribution in [2.75, 3.05) is 0 Å². The minimum absolute atomic E-state index is 0.294. The van der Waals surface area contributed by atoms with Crippen molar-refractivity contribution in [1.82, 2.24) is 0 Å². The number of aryl methyl sites for hydroxylation is 1. The van der Waals surface area contributed by atoms with Crippen LogP contribution in [0.5, 0.6) is 0 Å². The summed E-state index contributed by atoms with van der Waals surface area (Å²) in [5, 5.41) is 0.390. The predicted molar refractivity (Wildman–Crippen MR) is 72.6 cm³/mol. The van der Waals surface area contributed by atoms with Crippen LogP contribution in [0.15, 0.2) is 18.2 Å². The highest BCUT2D eigenvalue weighted by atomic mass is 35.5. The van der Waals surface area contributed by atoms with Crippen LogP contribution in [0, 0.1) is 6.92 Å². The molecule has 2 rings (SSSR count). The van der Waals surface area contributed by atoms with Gasteiger partial charge in [-0.3, -0.25) is 4.55 Å². The van der Waals surface area contributed by atoms with E-state index in [-0.39, 0.29) is 0 Å². The number of benzene rings is 1. The molecule has 0 saturated carbocycles. The van der Waals surface area contributed by atoms with Crippen LogP contribution in [0.2, 0.25) is 5.02 Å². The molecular weight excluding hydrogens is 294 g/mol. The third-order valence-electron chi connectivity index (χ3n) is 2.76. The van der Waals surface area contributed by atoms with Gasteiger partial charge in [-0.1, -0.05) is 29.9 Å². The van der Waals surface area contributed by atoms with Crippen LogP contribution in [0.1, 0.15) is 23.7 Å². The molecule has 7 heteroatoms. The minimum Gasteiger partial charge on any atom is -0.280 e. The van der Waals surface area contributed by atoms with Gasteiger partial charge in [-0.2, -0.15) is 13.0 Å². The van der Waals surface area contributed by atoms with Crippen LogP contribution in [0.3, 0.4) is 0 Å². The van der Waals surface area contributed by atoms with Gasteiger partial charge in [-0.05, 0) is 12.1 Å². The van der Waals surface area contributed by atoms with Gasteiger partial charge in [0, 0.05) is 24.4 Å². The number of fused-ring (bicyclic) bond motifs is 1. The summed E-state index contributed by atoms with van der Waals surface area (Å²) in [5.74, 6) is 0. The molecule has 1 heterocycles. The van der Waals surface area contributed by atoms with E-state index >= 15 is 0 Å². The van der Waals surface area contributed by atoms with E-state index in [2.05, 4.69) is 0 Å². The number of hydrogen-bond acceptors (Lipinski definition) is 3. The molecule has 0 spiro atoms. The summed E-state index contributed by atoms with van der Waals surface area (Å²) in [6.45, 7) is 3.55. The summed E-state index contributed by atoms with van der Waals surface area (Å²) >= 11 is 7.42. The maximum atomic E-state index is 11.4. The lowest BCUT2D eigenvalue weighted by Crippen LogP contribution is -2.44. The predicted octanol–water partition coefficient (Wildman–Crippen LogP) is 2.95. The summed E-state index contributed by atoms with van der Waals surface area (Å²) in [6, 6.07) is 5.33. The van der Waals surface area contributed by atoms with Crippen LogP contribution in [0.4, 0.5) is 0 Å². The zero-order valence-corrected chi connectivity index (χ0v) is 12.3. The molecule has 1 N–H and O–H groups in total. The number of hydrogen-bond donors (Lipinski definition) is 1. The topological polar surface area (TPSA) is 58.2 Å². The SMILES string of the molecule is CCC([n+]1c(C)sc2ccc(Cl)cc21)S(=O)(=O)O. The van der Waals surface area contributed by atoms with Gasteiger partial charge in [0.1, 0.15) is 4.70 Å². The fraction of sp³-hybridized carbons (Fsp3) is 0.364. The Kier molecular flexibility index (Phi) is 3.64. The fourth-order valence-corrected chi connectivity index (χ4v) is 4.26. The molecule has 0 bridgehead atoms. The van der Waals surface area contributed by atoms with E-state index < -0.39 is 15.5 Å². The zero-order chi connectivity index (χ0) is 13.5. The van der Waals surface area contributed by atoms with Gasteiger partial charge in [0.25, 0.3) is 5.37 Å². The van der Waals surface area contributed by atoms with Crippen LogP contribution in [0.25, 0.3) is 10.2 Å². The van der Waals surface area contributed by atoms with Gasteiger partial charge in [0.15, 0.2) is 0 Å². The average molecular weight is 307 g/mol. The first-order valence-corrected chi connectivity index (χ1v) is 8.11. The number of rotatable bonds is 3. The van der Waals surface area contributed by atoms with Gasteiger partial charge < -0.3 is 0 Å². The third kappa shape index (κ3) is 2.38. The second-order valence-corrected chi connectivity index (χ2v) is 7.23. The zero-order valence-electron chi connectivity index (χ0n) is 9.92. The Hall–Kier alpha value is -0.690. The lowest BCUT2D eigenvalue weighted by atomic mass is 10.3. The van der Waals surface area contributed by atoms with Crippen molar-refractivity contribution < 1.29 is 17.5 Å². The summed E-state index contributed by atoms with van der Waals surface area (Å²) in [5.41, 5.74) is 0.731. The van der Waals surface area contributed by atoms with Crippen molar-refractivity contribution in [1.29, 1.82) is 0 Å². The molecule has 0 aliphatic heterocycles. The Bertz CT molecular complexity index is 694. The number of halogens is 1. The molecular formula is C11H13ClNO3S2+. The van der Waals surface area contributed by atoms with E-state index in [1.807, 2.05) is 13.0 Å². The van der Waals surface area contributed by atoms with E-state index in [1.165, 1.54) is 11.3 Å². The van der Waals surface area contributed by atoms with E-state index in [0.29, 0.717) is 11.4 Å². The van der Waals surface area contributed by atoms with Crippen LogP contribution in [-0.4, -0.2) is 13.0 Å². The summed E-state index contributed by atoms with van der Waals surface area (Å²) in [6.07, 6.45) is 0.294. The molecule has 0 radical (unpaired) electrons. The molecule has 0 aliphatic carbocycles. The molecule has 1 aromatic carbocycles. The van der Waals surface area contributed by atoms with E-state index in [1.54, 1.807) is 23.6 Å². The molecule has 18 heavy (non-hydrogen) atoms. The number of thiazole rings is 1. The lowest BCUT2D eigenvalue weighted by Gasteiger charge is -2.06. The Balaban J connectivity index is 2.77. The van der Waals surface area contributed by atoms with Crippen molar-refractivity contribution in [3.63, 3.8) is 0 Å². The minimum atomic E-state index is -4.14. The first-order chi connectivity index (χ1) is 8.34. The number of nitrogens with zero attached hydrogens (tertiary/aromatic N) is 1. The second-order valence-electron chi connectivity index (χ2n) is 3.98. The Labute approximate surface area is 115 Å². The molecule has 1 unspecified atom stereocenters. The highest BCUT2D eigenvalue weighted by molar-refractivity contribution is 7.85. The Morgan fingerprint density at radius 1 is 1.50 bits per heavy atom. The molecule has 0 saturated heterocycles. The van der Waals surface area contributed by atoms with E-state index in [9.17, 15) is 13.0 Å². The van der Waals surface area contributed by atoms with Gasteiger partial charge in [0.2, 0.25) is 10.5 Å². The standard InChI is InChI=1S/C11H12ClNO3S2/c1-3-11(18(14,15)16)13-7(2)17-10-5-4-8(12)6-9(10)13/h4-6,11H,3H2,1-2H3/p+1. The smallest absolute Gasteiger partial charge is 0.280 e. The molecule has 98 valence electrons. The molecule has 4 nitrogen and oxygen atoms in total. The van der Waals surface area contributed by atoms with E-state index in [4.69, 9.17) is 11.6 Å². The molecule has 0 aliphatic rings. The van der Waals surface area contributed by atoms with Gasteiger partial charge in [0.05, 0.1) is 0 Å². The third-order valence-corrected chi connectivity index (χ3v) is 5.28. The maximum absolute atomic E-state index is 11.4. The van der Waals surface area contributed by atoms with Crippen molar-refractivity contribution in [2.24, 2.45) is 0 Å². The number of aromatic nitrogens is 1. The Morgan fingerprint density at radius 3 is 2.72 bits per heavy atom. The van der Waals surface area contributed by atoms with Gasteiger partial charge in [-0.25, -0.2) is 0 Å². The average Bonchev–Trinajstić information content (AvgIpc) is 2.55. The fourth-order valence-electron chi connectivity index (χ4n) is 2.03. The molecule has 0 amide bonds. The molecule has 2 aromatic rings. The molecule has 1 aromatic heterocycles. The second kappa shape index (κ2) is 4.77. The highest BCUT2D eigenvalue weighted by Crippen LogP contribution is 2.26. The Morgan fingerprint density at radius 2 is 2.17 bits per heavy atom. The van der Waals surface area contributed by atoms with Crippen LogP contribution >= 0.6 is 22.9 Å².